The molecule has 3 aliphatic carbocycles. The van der Waals surface area contributed by atoms with Crippen LogP contribution in [-0.2, 0) is 43.0 Å². The van der Waals surface area contributed by atoms with E-state index in [1.54, 1.807) is 20.8 Å². The number of esters is 3. The van der Waals surface area contributed by atoms with Crippen molar-refractivity contribution >= 4 is 35.3 Å². The number of carbonyl (C=O) groups is 6. The molecule has 0 aliphatic heterocycles. The molecule has 186 valence electrons. The summed E-state index contributed by atoms with van der Waals surface area (Å²) in [6, 6.07) is 0. The third kappa shape index (κ3) is 4.19. The topological polar surface area (TPSA) is 130 Å². The van der Waals surface area contributed by atoms with Crippen molar-refractivity contribution in [3.8, 4) is 0 Å². The van der Waals surface area contributed by atoms with Crippen LogP contribution in [0.5, 0.6) is 0 Å². The van der Waals surface area contributed by atoms with Gasteiger partial charge in [-0.2, -0.15) is 0 Å². The van der Waals surface area contributed by atoms with Gasteiger partial charge < -0.3 is 14.2 Å². The second-order valence-corrected chi connectivity index (χ2v) is 9.25. The highest BCUT2D eigenvalue weighted by Crippen LogP contribution is 2.57. The van der Waals surface area contributed by atoms with Crippen LogP contribution < -0.4 is 0 Å². The van der Waals surface area contributed by atoms with Gasteiger partial charge in [0.05, 0.1) is 11.1 Å². The van der Waals surface area contributed by atoms with Crippen LogP contribution in [0.2, 0.25) is 0 Å². The van der Waals surface area contributed by atoms with Crippen LogP contribution in [0.4, 0.5) is 0 Å². The van der Waals surface area contributed by atoms with E-state index in [1.807, 2.05) is 0 Å². The molecule has 0 radical (unpaired) electrons. The summed E-state index contributed by atoms with van der Waals surface area (Å²) in [5.41, 5.74) is -0.702. The molecule has 0 aromatic rings. The summed E-state index contributed by atoms with van der Waals surface area (Å²) in [4.78, 5) is 76.7. The van der Waals surface area contributed by atoms with E-state index in [0.29, 0.717) is 11.1 Å². The van der Waals surface area contributed by atoms with E-state index in [1.165, 1.54) is 13.0 Å². The highest BCUT2D eigenvalue weighted by Gasteiger charge is 2.62. The van der Waals surface area contributed by atoms with Crippen LogP contribution in [0.1, 0.15) is 54.4 Å². The van der Waals surface area contributed by atoms with Crippen molar-refractivity contribution in [1.82, 2.24) is 0 Å². The molecular weight excluding hydrogens is 456 g/mol. The van der Waals surface area contributed by atoms with Crippen LogP contribution in [-0.4, -0.2) is 47.5 Å². The molecule has 3 rings (SSSR count). The third-order valence-electron chi connectivity index (χ3n) is 6.86. The van der Waals surface area contributed by atoms with Gasteiger partial charge >= 0.3 is 17.9 Å². The Morgan fingerprint density at radius 3 is 2.11 bits per heavy atom. The molecule has 0 aromatic carbocycles. The highest BCUT2D eigenvalue weighted by atomic mass is 16.6. The third-order valence-corrected chi connectivity index (χ3v) is 6.86. The summed E-state index contributed by atoms with van der Waals surface area (Å²) in [6.07, 6.45) is -1.47. The average molecular weight is 485 g/mol. The fourth-order valence-corrected chi connectivity index (χ4v) is 5.50. The summed E-state index contributed by atoms with van der Waals surface area (Å²) < 4.78 is 16.4. The molecule has 0 amide bonds. The number of fused-ring (bicyclic) bond motifs is 2. The predicted molar refractivity (Wildman–Crippen MR) is 121 cm³/mol. The Kier molecular flexibility index (Phi) is 6.83. The molecule has 0 N–H and O–H groups in total. The highest BCUT2D eigenvalue weighted by molar-refractivity contribution is 6.26. The van der Waals surface area contributed by atoms with Gasteiger partial charge in [0.2, 0.25) is 5.78 Å². The van der Waals surface area contributed by atoms with E-state index in [9.17, 15) is 28.8 Å². The Morgan fingerprint density at radius 1 is 1.00 bits per heavy atom. The number of ether oxygens (including phenoxy) is 3. The maximum absolute atomic E-state index is 13.9. The number of ketones is 3. The van der Waals surface area contributed by atoms with E-state index < -0.39 is 58.8 Å². The number of rotatable bonds is 5. The molecule has 0 spiro atoms. The molecule has 0 unspecified atom stereocenters. The zero-order chi connectivity index (χ0) is 26.4. The molecule has 0 fully saturated rings. The van der Waals surface area contributed by atoms with Gasteiger partial charge in [-0.25, -0.2) is 0 Å². The molecule has 0 bridgehead atoms. The first-order chi connectivity index (χ1) is 16.3. The minimum absolute atomic E-state index is 0.0774. The molecule has 0 saturated heterocycles. The first-order valence-electron chi connectivity index (χ1n) is 11.2. The Morgan fingerprint density at radius 2 is 1.60 bits per heavy atom. The summed E-state index contributed by atoms with van der Waals surface area (Å²) >= 11 is 0. The molecule has 9 heteroatoms. The van der Waals surface area contributed by atoms with E-state index in [4.69, 9.17) is 14.2 Å². The fraction of sp³-hybridized carbons (Fsp3) is 0.462. The number of hydrogen-bond acceptors (Lipinski definition) is 9. The lowest BCUT2D eigenvalue weighted by atomic mass is 9.52. The average Bonchev–Trinajstić information content (AvgIpc) is 2.73. The fourth-order valence-electron chi connectivity index (χ4n) is 5.50. The summed E-state index contributed by atoms with van der Waals surface area (Å²) in [7, 11) is 0. The monoisotopic (exact) mass is 484 g/mol. The summed E-state index contributed by atoms with van der Waals surface area (Å²) in [5, 5.41) is 0. The maximum Gasteiger partial charge on any atom is 0.308 e. The molecular formula is C26H28O9. The Balaban J connectivity index is 2.42. The minimum Gasteiger partial charge on any atom is -0.458 e. The SMILES string of the molecule is C=CCC1=C(OC(C)=O)C(=O)C2=C(C1=O)[C@H](OC(C)=O)[C@@H](OC(C)=O)[C@H]1C(C)=C(C)C(=O)C[C@]21C. The van der Waals surface area contributed by atoms with Crippen molar-refractivity contribution < 1.29 is 43.0 Å². The van der Waals surface area contributed by atoms with Crippen molar-refractivity contribution in [3.63, 3.8) is 0 Å². The lowest BCUT2D eigenvalue weighted by Gasteiger charge is -2.52. The second-order valence-electron chi connectivity index (χ2n) is 9.25. The Bertz CT molecular complexity index is 1180. The first kappa shape index (κ1) is 26.0. The molecule has 4 atom stereocenters. The van der Waals surface area contributed by atoms with Gasteiger partial charge in [-0.3, -0.25) is 28.8 Å². The quantitative estimate of drug-likeness (QED) is 0.250. The lowest BCUT2D eigenvalue weighted by Crippen LogP contribution is -2.58. The molecule has 35 heavy (non-hydrogen) atoms. The van der Waals surface area contributed by atoms with Gasteiger partial charge in [-0.05, 0) is 25.8 Å². The van der Waals surface area contributed by atoms with Crippen molar-refractivity contribution in [2.24, 2.45) is 11.3 Å². The van der Waals surface area contributed by atoms with E-state index in [2.05, 4.69) is 6.58 Å². The zero-order valence-electron chi connectivity index (χ0n) is 20.6. The molecule has 0 aromatic heterocycles. The second kappa shape index (κ2) is 9.20. The Hall–Kier alpha value is -3.62. The zero-order valence-corrected chi connectivity index (χ0v) is 20.6. The molecule has 3 aliphatic rings. The normalized spacial score (nSPS) is 28.4. The van der Waals surface area contributed by atoms with Gasteiger partial charge in [-0.15, -0.1) is 6.58 Å². The van der Waals surface area contributed by atoms with Gasteiger partial charge in [0, 0.05) is 44.1 Å². The van der Waals surface area contributed by atoms with E-state index in [0.717, 1.165) is 13.8 Å². The molecule has 0 heterocycles. The van der Waals surface area contributed by atoms with Crippen LogP contribution in [0.15, 0.2) is 46.3 Å². The summed E-state index contributed by atoms with van der Waals surface area (Å²) in [5.74, 6) is -5.13. The number of carbonyl (C=O) groups excluding carboxylic acids is 6. The number of allylic oxidation sites excluding steroid dienone is 4. The molecule has 9 nitrogen and oxygen atoms in total. The van der Waals surface area contributed by atoms with Crippen LogP contribution in [0, 0.1) is 11.3 Å². The van der Waals surface area contributed by atoms with Gasteiger partial charge in [-0.1, -0.05) is 18.6 Å². The predicted octanol–water partition coefficient (Wildman–Crippen LogP) is 2.64. The van der Waals surface area contributed by atoms with Gasteiger partial charge in [0.1, 0.15) is 0 Å². The van der Waals surface area contributed by atoms with Crippen molar-refractivity contribution in [1.29, 1.82) is 0 Å². The van der Waals surface area contributed by atoms with E-state index >= 15 is 0 Å². The van der Waals surface area contributed by atoms with Crippen LogP contribution in [0.3, 0.4) is 0 Å². The van der Waals surface area contributed by atoms with Crippen molar-refractivity contribution in [3.05, 3.63) is 46.3 Å². The van der Waals surface area contributed by atoms with Crippen molar-refractivity contribution in [2.75, 3.05) is 0 Å². The standard InChI is InChI=1S/C26H28O9/c1-8-9-16-21(31)18-20(22(32)23(16)33-13(4)27)26(7)10-17(30)11(2)12(3)19(26)25(35-15(6)29)24(18)34-14(5)28/h8,19,24-25H,1,9-10H2,2-7H3/t19-,24+,25+,26+/m1/s1. The van der Waals surface area contributed by atoms with Gasteiger partial charge in [0.15, 0.2) is 29.5 Å². The van der Waals surface area contributed by atoms with Crippen molar-refractivity contribution in [2.45, 2.75) is 66.6 Å². The molecule has 0 saturated carbocycles. The number of hydrogen-bond donors (Lipinski definition) is 0. The van der Waals surface area contributed by atoms with Crippen LogP contribution >= 0.6 is 0 Å². The minimum atomic E-state index is -1.41. The maximum atomic E-state index is 13.9. The Labute approximate surface area is 202 Å². The largest absolute Gasteiger partial charge is 0.458 e. The summed E-state index contributed by atoms with van der Waals surface area (Å²) in [6.45, 7) is 12.0. The van der Waals surface area contributed by atoms with Gasteiger partial charge in [0.25, 0.3) is 0 Å². The number of Topliss-reactive ketones (excluding diaryl/α,β-unsaturated/α-hetero) is 3. The smallest absolute Gasteiger partial charge is 0.308 e. The van der Waals surface area contributed by atoms with Crippen LogP contribution in [0.25, 0.3) is 0 Å². The first-order valence-corrected chi connectivity index (χ1v) is 11.2. The lowest BCUT2D eigenvalue weighted by molar-refractivity contribution is -0.172. The van der Waals surface area contributed by atoms with E-state index in [-0.39, 0.29) is 35.3 Å².